The summed E-state index contributed by atoms with van der Waals surface area (Å²) in [6.07, 6.45) is 2.45. The van der Waals surface area contributed by atoms with Gasteiger partial charge in [-0.25, -0.2) is 28.5 Å². The number of rotatable bonds is 3. The summed E-state index contributed by atoms with van der Waals surface area (Å²) < 4.78 is 23.4. The second-order valence-electron chi connectivity index (χ2n) is 4.01. The fourth-order valence-electron chi connectivity index (χ4n) is 1.86. The minimum absolute atomic E-state index is 0.138. The van der Waals surface area contributed by atoms with Crippen molar-refractivity contribution in [3.63, 3.8) is 0 Å². The van der Waals surface area contributed by atoms with E-state index in [0.29, 0.717) is 5.56 Å². The van der Waals surface area contributed by atoms with Crippen molar-refractivity contribution in [1.82, 2.24) is 15.0 Å². The number of nitrogens with zero attached hydrogens (tertiary/aromatic N) is 3. The summed E-state index contributed by atoms with van der Waals surface area (Å²) in [4.78, 5) is 22.7. The summed E-state index contributed by atoms with van der Waals surface area (Å²) in [5.74, 6) is -0.785. The van der Waals surface area contributed by atoms with Crippen LogP contribution >= 0.6 is 0 Å². The summed E-state index contributed by atoms with van der Waals surface area (Å²) in [6, 6.07) is 3.02. The lowest BCUT2D eigenvalue weighted by Gasteiger charge is -2.12. The standard InChI is InChI=1S/C11H11N5O3S/c1-6-2-3-7(11-15-4-14-5-16-11)8(10(12)17)9(6)20(13,18)19/h2-5H,1H3,(H2,12,17)(H2,13,18,19). The van der Waals surface area contributed by atoms with Crippen LogP contribution in [-0.4, -0.2) is 29.3 Å². The molecule has 1 aromatic carbocycles. The highest BCUT2D eigenvalue weighted by Crippen LogP contribution is 2.28. The van der Waals surface area contributed by atoms with Crippen LogP contribution in [0.1, 0.15) is 15.9 Å². The van der Waals surface area contributed by atoms with E-state index in [0.717, 1.165) is 0 Å². The van der Waals surface area contributed by atoms with Crippen molar-refractivity contribution in [2.75, 3.05) is 0 Å². The Morgan fingerprint density at radius 1 is 1.20 bits per heavy atom. The first kappa shape index (κ1) is 14.0. The maximum absolute atomic E-state index is 11.7. The smallest absolute Gasteiger partial charge is 0.250 e. The number of primary sulfonamides is 1. The third-order valence-corrected chi connectivity index (χ3v) is 3.71. The molecule has 2 rings (SSSR count). The van der Waals surface area contributed by atoms with Crippen LogP contribution in [0.15, 0.2) is 29.7 Å². The van der Waals surface area contributed by atoms with Crippen molar-refractivity contribution in [2.24, 2.45) is 10.9 Å². The monoisotopic (exact) mass is 293 g/mol. The SMILES string of the molecule is Cc1ccc(-c2ncncn2)c(C(N)=O)c1S(N)(=O)=O. The lowest BCUT2D eigenvalue weighted by Crippen LogP contribution is -2.23. The minimum Gasteiger partial charge on any atom is -0.366 e. The van der Waals surface area contributed by atoms with Gasteiger partial charge in [0.05, 0.1) is 10.5 Å². The quantitative estimate of drug-likeness (QED) is 0.787. The predicted octanol–water partition coefficient (Wildman–Crippen LogP) is -0.407. The predicted molar refractivity (Wildman–Crippen MR) is 69.9 cm³/mol. The lowest BCUT2D eigenvalue weighted by atomic mass is 10.0. The molecule has 4 N–H and O–H groups in total. The van der Waals surface area contributed by atoms with Crippen LogP contribution in [0.2, 0.25) is 0 Å². The Kier molecular flexibility index (Phi) is 3.47. The van der Waals surface area contributed by atoms with Crippen molar-refractivity contribution >= 4 is 15.9 Å². The largest absolute Gasteiger partial charge is 0.366 e. The number of benzene rings is 1. The van der Waals surface area contributed by atoms with Crippen LogP contribution < -0.4 is 10.9 Å². The Balaban J connectivity index is 2.89. The molecule has 0 fully saturated rings. The maximum Gasteiger partial charge on any atom is 0.250 e. The number of aryl methyl sites for hydroxylation is 1. The van der Waals surface area contributed by atoms with Crippen LogP contribution in [0, 0.1) is 6.92 Å². The van der Waals surface area contributed by atoms with Crippen LogP contribution in [0.25, 0.3) is 11.4 Å². The van der Waals surface area contributed by atoms with Gasteiger partial charge >= 0.3 is 0 Å². The molecule has 2 aromatic rings. The van der Waals surface area contributed by atoms with Crippen LogP contribution in [0.5, 0.6) is 0 Å². The topological polar surface area (TPSA) is 142 Å². The average Bonchev–Trinajstić information content (AvgIpc) is 2.37. The molecule has 8 nitrogen and oxygen atoms in total. The number of carbonyl (C=O) groups is 1. The number of carbonyl (C=O) groups excluding carboxylic acids is 1. The first-order chi connectivity index (χ1) is 9.32. The molecule has 0 atom stereocenters. The Labute approximate surface area is 114 Å². The number of aromatic nitrogens is 3. The molecule has 104 valence electrons. The van der Waals surface area contributed by atoms with E-state index >= 15 is 0 Å². The molecule has 0 unspecified atom stereocenters. The highest BCUT2D eigenvalue weighted by Gasteiger charge is 2.25. The van der Waals surface area contributed by atoms with Gasteiger partial charge in [0.1, 0.15) is 12.7 Å². The average molecular weight is 293 g/mol. The van der Waals surface area contributed by atoms with E-state index in [1.54, 1.807) is 0 Å². The summed E-state index contributed by atoms with van der Waals surface area (Å²) in [7, 11) is -4.11. The third-order valence-electron chi connectivity index (χ3n) is 2.62. The Bertz CT molecular complexity index is 774. The molecule has 9 heteroatoms. The molecule has 1 aromatic heterocycles. The zero-order chi connectivity index (χ0) is 14.9. The second kappa shape index (κ2) is 4.94. The number of sulfonamides is 1. The van der Waals surface area contributed by atoms with Crippen molar-refractivity contribution < 1.29 is 13.2 Å². The molecule has 0 aliphatic heterocycles. The van der Waals surface area contributed by atoms with Crippen molar-refractivity contribution in [1.29, 1.82) is 0 Å². The van der Waals surface area contributed by atoms with Gasteiger partial charge in [0.15, 0.2) is 5.82 Å². The number of primary amides is 1. The van der Waals surface area contributed by atoms with E-state index in [1.165, 1.54) is 31.7 Å². The Morgan fingerprint density at radius 3 is 2.30 bits per heavy atom. The fraction of sp³-hybridized carbons (Fsp3) is 0.0909. The molecule has 0 aliphatic carbocycles. The van der Waals surface area contributed by atoms with E-state index in [-0.39, 0.29) is 21.8 Å². The second-order valence-corrected chi connectivity index (χ2v) is 5.50. The molecule has 0 aliphatic rings. The van der Waals surface area contributed by atoms with Gasteiger partial charge in [0.25, 0.3) is 5.91 Å². The lowest BCUT2D eigenvalue weighted by molar-refractivity contribution is 0.0997. The van der Waals surface area contributed by atoms with Crippen molar-refractivity contribution in [3.05, 3.63) is 35.9 Å². The van der Waals surface area contributed by atoms with Gasteiger partial charge in [-0.1, -0.05) is 12.1 Å². The number of hydrogen-bond donors (Lipinski definition) is 2. The van der Waals surface area contributed by atoms with Crippen molar-refractivity contribution in [2.45, 2.75) is 11.8 Å². The van der Waals surface area contributed by atoms with Gasteiger partial charge < -0.3 is 5.73 Å². The van der Waals surface area contributed by atoms with E-state index in [9.17, 15) is 13.2 Å². The molecular formula is C11H11N5O3S. The summed E-state index contributed by atoms with van der Waals surface area (Å²) >= 11 is 0. The number of hydrogen-bond acceptors (Lipinski definition) is 6. The molecule has 20 heavy (non-hydrogen) atoms. The normalized spacial score (nSPS) is 11.3. The van der Waals surface area contributed by atoms with E-state index in [2.05, 4.69) is 15.0 Å². The maximum atomic E-state index is 11.7. The fourth-order valence-corrected chi connectivity index (χ4v) is 2.87. The van der Waals surface area contributed by atoms with Gasteiger partial charge in [-0.05, 0) is 12.5 Å². The summed E-state index contributed by atoms with van der Waals surface area (Å²) in [5.41, 5.74) is 5.57. The molecule has 0 saturated heterocycles. The van der Waals surface area contributed by atoms with Gasteiger partial charge in [-0.2, -0.15) is 0 Å². The third kappa shape index (κ3) is 2.49. The highest BCUT2D eigenvalue weighted by atomic mass is 32.2. The number of nitrogens with two attached hydrogens (primary N) is 2. The molecular weight excluding hydrogens is 282 g/mol. The van der Waals surface area contributed by atoms with Gasteiger partial charge in [0.2, 0.25) is 10.0 Å². The molecule has 1 amide bonds. The first-order valence-corrected chi connectivity index (χ1v) is 6.95. The highest BCUT2D eigenvalue weighted by molar-refractivity contribution is 7.89. The molecule has 0 saturated carbocycles. The van der Waals surface area contributed by atoms with Gasteiger partial charge in [-0.3, -0.25) is 4.79 Å². The molecule has 0 radical (unpaired) electrons. The van der Waals surface area contributed by atoms with Crippen LogP contribution in [0.4, 0.5) is 0 Å². The number of amides is 1. The Morgan fingerprint density at radius 2 is 1.80 bits per heavy atom. The van der Waals surface area contributed by atoms with Crippen LogP contribution in [-0.2, 0) is 10.0 Å². The molecule has 1 heterocycles. The summed E-state index contributed by atoms with van der Waals surface area (Å²) in [6.45, 7) is 1.52. The van der Waals surface area contributed by atoms with Crippen molar-refractivity contribution in [3.8, 4) is 11.4 Å². The first-order valence-electron chi connectivity index (χ1n) is 5.41. The van der Waals surface area contributed by atoms with E-state index in [4.69, 9.17) is 10.9 Å². The van der Waals surface area contributed by atoms with Gasteiger partial charge in [0, 0.05) is 5.56 Å². The zero-order valence-corrected chi connectivity index (χ0v) is 11.3. The van der Waals surface area contributed by atoms with Gasteiger partial charge in [-0.15, -0.1) is 0 Å². The Hall–Kier alpha value is -2.39. The minimum atomic E-state index is -4.11. The molecule has 0 spiro atoms. The van der Waals surface area contributed by atoms with E-state index < -0.39 is 15.9 Å². The summed E-state index contributed by atoms with van der Waals surface area (Å²) in [5, 5.41) is 5.15. The molecule has 0 bridgehead atoms. The van der Waals surface area contributed by atoms with Crippen LogP contribution in [0.3, 0.4) is 0 Å². The van der Waals surface area contributed by atoms with E-state index in [1.807, 2.05) is 0 Å². The zero-order valence-electron chi connectivity index (χ0n) is 10.4.